The van der Waals surface area contributed by atoms with Gasteiger partial charge in [-0.25, -0.2) is 14.2 Å². The summed E-state index contributed by atoms with van der Waals surface area (Å²) in [6.45, 7) is 1.75. The van der Waals surface area contributed by atoms with Crippen LogP contribution < -0.4 is 10.6 Å². The summed E-state index contributed by atoms with van der Waals surface area (Å²) in [4.78, 5) is 28.0. The number of carbonyl (C=O) groups excluding carboxylic acids is 1. The summed E-state index contributed by atoms with van der Waals surface area (Å²) in [5.74, 6) is -3.68. The van der Waals surface area contributed by atoms with Gasteiger partial charge in [0.25, 0.3) is 5.91 Å². The minimum absolute atomic E-state index is 0.0253. The maximum absolute atomic E-state index is 13.9. The molecule has 2 heterocycles. The molecule has 1 aromatic carbocycles. The van der Waals surface area contributed by atoms with E-state index in [0.29, 0.717) is 11.0 Å². The van der Waals surface area contributed by atoms with Crippen molar-refractivity contribution in [1.29, 1.82) is 0 Å². The molecule has 142 valence electrons. The Labute approximate surface area is 144 Å². The van der Waals surface area contributed by atoms with E-state index in [9.17, 15) is 22.4 Å². The van der Waals surface area contributed by atoms with Gasteiger partial charge in [-0.15, -0.1) is 0 Å². The average molecular weight is 376 g/mol. The maximum Gasteiger partial charge on any atom is 0.490 e. The number of carboxylic acids is 1. The van der Waals surface area contributed by atoms with Crippen molar-refractivity contribution in [2.24, 2.45) is 0 Å². The van der Waals surface area contributed by atoms with E-state index in [1.54, 1.807) is 6.07 Å². The van der Waals surface area contributed by atoms with Crippen molar-refractivity contribution in [2.45, 2.75) is 25.1 Å². The van der Waals surface area contributed by atoms with Crippen molar-refractivity contribution in [3.63, 3.8) is 0 Å². The van der Waals surface area contributed by atoms with Crippen molar-refractivity contribution in [3.05, 3.63) is 29.8 Å². The van der Waals surface area contributed by atoms with Crippen LogP contribution in [0.5, 0.6) is 0 Å². The molecule has 1 fully saturated rings. The lowest BCUT2D eigenvalue weighted by molar-refractivity contribution is -0.192. The summed E-state index contributed by atoms with van der Waals surface area (Å²) < 4.78 is 45.6. The minimum atomic E-state index is -5.08. The number of carboxylic acid groups (broad SMARTS) is 1. The van der Waals surface area contributed by atoms with Crippen LogP contribution in [0.1, 0.15) is 23.2 Å². The number of rotatable bonds is 2. The average Bonchev–Trinajstić information content (AvgIpc) is 3.03. The van der Waals surface area contributed by atoms with Gasteiger partial charge in [-0.2, -0.15) is 13.2 Å². The number of aromatic amines is 1. The second-order valence-electron chi connectivity index (χ2n) is 5.52. The molecule has 3 rings (SSSR count). The number of nitrogens with zero attached hydrogens (tertiary/aromatic N) is 1. The van der Waals surface area contributed by atoms with Crippen molar-refractivity contribution in [2.75, 3.05) is 13.1 Å². The SMILES string of the molecule is O=C(NC1CCNCC1)c1c(F)ccc2[nH]cnc12.O=C(O)C(F)(F)F. The second-order valence-corrected chi connectivity index (χ2v) is 5.52. The Balaban J connectivity index is 0.000000298. The van der Waals surface area contributed by atoms with E-state index in [2.05, 4.69) is 20.6 Å². The van der Waals surface area contributed by atoms with Gasteiger partial charge >= 0.3 is 12.1 Å². The third kappa shape index (κ3) is 4.91. The predicted octanol–water partition coefficient (Wildman–Crippen LogP) is 1.82. The molecular weight excluding hydrogens is 360 g/mol. The van der Waals surface area contributed by atoms with Gasteiger partial charge in [0.05, 0.1) is 11.8 Å². The number of aliphatic carboxylic acids is 1. The number of alkyl halides is 3. The Morgan fingerprint density at radius 2 is 1.85 bits per heavy atom. The van der Waals surface area contributed by atoms with Crippen LogP contribution in [0.3, 0.4) is 0 Å². The largest absolute Gasteiger partial charge is 0.490 e. The highest BCUT2D eigenvalue weighted by Gasteiger charge is 2.38. The first-order valence-electron chi connectivity index (χ1n) is 7.63. The van der Waals surface area contributed by atoms with Crippen LogP contribution in [0.25, 0.3) is 11.0 Å². The first kappa shape index (κ1) is 19.6. The molecule has 0 spiro atoms. The number of H-pyrrole nitrogens is 1. The molecule has 1 amide bonds. The van der Waals surface area contributed by atoms with E-state index in [1.807, 2.05) is 0 Å². The van der Waals surface area contributed by atoms with Gasteiger partial charge in [-0.3, -0.25) is 4.79 Å². The number of hydrogen-bond acceptors (Lipinski definition) is 4. The van der Waals surface area contributed by atoms with Crippen LogP contribution in [0.4, 0.5) is 17.6 Å². The Bertz CT molecular complexity index is 785. The lowest BCUT2D eigenvalue weighted by Gasteiger charge is -2.23. The Morgan fingerprint density at radius 1 is 1.23 bits per heavy atom. The molecule has 0 saturated carbocycles. The zero-order valence-corrected chi connectivity index (χ0v) is 13.4. The van der Waals surface area contributed by atoms with Crippen LogP contribution in [0, 0.1) is 5.82 Å². The molecular formula is C15H16F4N4O3. The Kier molecular flexibility index (Phi) is 6.14. The fourth-order valence-corrected chi connectivity index (χ4v) is 2.42. The third-order valence-corrected chi connectivity index (χ3v) is 3.68. The fourth-order valence-electron chi connectivity index (χ4n) is 2.42. The van der Waals surface area contributed by atoms with Crippen LogP contribution in [0.15, 0.2) is 18.5 Å². The van der Waals surface area contributed by atoms with Gasteiger partial charge in [0.2, 0.25) is 0 Å². The highest BCUT2D eigenvalue weighted by Crippen LogP contribution is 2.19. The van der Waals surface area contributed by atoms with Gasteiger partial charge in [0.15, 0.2) is 0 Å². The molecule has 7 nitrogen and oxygen atoms in total. The van der Waals surface area contributed by atoms with E-state index in [-0.39, 0.29) is 17.5 Å². The van der Waals surface area contributed by atoms with E-state index in [4.69, 9.17) is 9.90 Å². The molecule has 0 aliphatic carbocycles. The third-order valence-electron chi connectivity index (χ3n) is 3.68. The zero-order chi connectivity index (χ0) is 19.3. The molecule has 26 heavy (non-hydrogen) atoms. The first-order valence-corrected chi connectivity index (χ1v) is 7.63. The van der Waals surface area contributed by atoms with Crippen LogP contribution in [0.2, 0.25) is 0 Å². The molecule has 1 saturated heterocycles. The quantitative estimate of drug-likeness (QED) is 0.598. The lowest BCUT2D eigenvalue weighted by Crippen LogP contribution is -2.43. The van der Waals surface area contributed by atoms with E-state index in [0.717, 1.165) is 25.9 Å². The number of benzene rings is 1. The molecule has 1 aromatic heterocycles. The number of imidazole rings is 1. The number of fused-ring (bicyclic) bond motifs is 1. The van der Waals surface area contributed by atoms with Crippen LogP contribution in [-0.4, -0.2) is 52.3 Å². The van der Waals surface area contributed by atoms with Crippen molar-refractivity contribution < 1.29 is 32.3 Å². The monoisotopic (exact) mass is 376 g/mol. The molecule has 0 atom stereocenters. The molecule has 0 radical (unpaired) electrons. The second kappa shape index (κ2) is 8.13. The summed E-state index contributed by atoms with van der Waals surface area (Å²) >= 11 is 0. The Hall–Kier alpha value is -2.69. The predicted molar refractivity (Wildman–Crippen MR) is 83.1 cm³/mol. The highest BCUT2D eigenvalue weighted by atomic mass is 19.4. The van der Waals surface area contributed by atoms with Gasteiger partial charge in [-0.05, 0) is 38.1 Å². The number of halogens is 4. The van der Waals surface area contributed by atoms with Crippen molar-refractivity contribution >= 4 is 22.9 Å². The molecule has 11 heteroatoms. The zero-order valence-electron chi connectivity index (χ0n) is 13.4. The summed E-state index contributed by atoms with van der Waals surface area (Å²) in [6, 6.07) is 2.97. The molecule has 4 N–H and O–H groups in total. The van der Waals surface area contributed by atoms with Crippen molar-refractivity contribution in [3.8, 4) is 0 Å². The number of amides is 1. The summed E-state index contributed by atoms with van der Waals surface area (Å²) in [5.41, 5.74) is 1.07. The van der Waals surface area contributed by atoms with Crippen LogP contribution in [-0.2, 0) is 4.79 Å². The minimum Gasteiger partial charge on any atom is -0.475 e. The van der Waals surface area contributed by atoms with Crippen LogP contribution >= 0.6 is 0 Å². The summed E-state index contributed by atoms with van der Waals surface area (Å²) in [6.07, 6.45) is -1.89. The highest BCUT2D eigenvalue weighted by molar-refractivity contribution is 6.05. The van der Waals surface area contributed by atoms with Gasteiger partial charge < -0.3 is 20.7 Å². The van der Waals surface area contributed by atoms with Gasteiger partial charge in [0.1, 0.15) is 16.9 Å². The first-order chi connectivity index (χ1) is 12.2. The molecule has 0 bridgehead atoms. The topological polar surface area (TPSA) is 107 Å². The number of nitrogens with one attached hydrogen (secondary N) is 3. The number of carbonyl (C=O) groups is 2. The van der Waals surface area contributed by atoms with Gasteiger partial charge in [-0.1, -0.05) is 0 Å². The number of piperidine rings is 1. The maximum atomic E-state index is 13.9. The summed E-state index contributed by atoms with van der Waals surface area (Å²) in [5, 5.41) is 13.2. The number of hydrogen-bond donors (Lipinski definition) is 4. The standard InChI is InChI=1S/C13H15FN4O.C2HF3O2/c14-9-1-2-10-12(17-7-16-10)11(9)13(19)18-8-3-5-15-6-4-8;3-2(4,5)1(6)7/h1-2,7-8,15H,3-6H2,(H,16,17)(H,18,19);(H,6,7). The fraction of sp³-hybridized carbons (Fsp3) is 0.400. The smallest absolute Gasteiger partial charge is 0.475 e. The molecule has 1 aliphatic rings. The van der Waals surface area contributed by atoms with Gasteiger partial charge in [0, 0.05) is 6.04 Å². The molecule has 2 aromatic rings. The Morgan fingerprint density at radius 3 is 2.42 bits per heavy atom. The van der Waals surface area contributed by atoms with E-state index in [1.165, 1.54) is 12.4 Å². The molecule has 0 unspecified atom stereocenters. The lowest BCUT2D eigenvalue weighted by atomic mass is 10.1. The number of aromatic nitrogens is 2. The van der Waals surface area contributed by atoms with Crippen molar-refractivity contribution in [1.82, 2.24) is 20.6 Å². The van der Waals surface area contributed by atoms with E-state index < -0.39 is 18.0 Å². The summed E-state index contributed by atoms with van der Waals surface area (Å²) in [7, 11) is 0. The van der Waals surface area contributed by atoms with E-state index >= 15 is 0 Å². The molecule has 1 aliphatic heterocycles. The normalized spacial score (nSPS) is 15.2.